The molecule has 0 radical (unpaired) electrons. The van der Waals surface area contributed by atoms with Crippen LogP contribution in [0.4, 0.5) is 0 Å². The molecule has 2 aromatic rings. The molecule has 1 saturated carbocycles. The Labute approximate surface area is 171 Å². The highest BCUT2D eigenvalue weighted by Gasteiger charge is 2.24. The fourth-order valence-corrected chi connectivity index (χ4v) is 3.83. The molecule has 6 nitrogen and oxygen atoms in total. The largest absolute Gasteiger partial charge is 0.489 e. The number of nitrogens with zero attached hydrogens (tertiary/aromatic N) is 2. The Kier molecular flexibility index (Phi) is 6.83. The molecule has 1 atom stereocenters. The summed E-state index contributed by atoms with van der Waals surface area (Å²) in [6.45, 7) is 8.20. The summed E-state index contributed by atoms with van der Waals surface area (Å²) in [5, 5.41) is 8.96. The average Bonchev–Trinajstić information content (AvgIpc) is 3.08. The Hall–Kier alpha value is -1.79. The van der Waals surface area contributed by atoms with Crippen molar-refractivity contribution >= 4 is 28.4 Å². The molecule has 0 aliphatic heterocycles. The van der Waals surface area contributed by atoms with Gasteiger partial charge in [0.15, 0.2) is 0 Å². The van der Waals surface area contributed by atoms with E-state index in [1.165, 1.54) is 6.92 Å². The zero-order valence-corrected chi connectivity index (χ0v) is 17.8. The summed E-state index contributed by atoms with van der Waals surface area (Å²) in [5.74, 6) is 0.696. The van der Waals surface area contributed by atoms with Gasteiger partial charge in [-0.15, -0.1) is 0 Å². The predicted octanol–water partition coefficient (Wildman–Crippen LogP) is 4.50. The highest BCUT2D eigenvalue weighted by Crippen LogP contribution is 2.35. The van der Waals surface area contributed by atoms with Crippen molar-refractivity contribution in [2.45, 2.75) is 77.7 Å². The van der Waals surface area contributed by atoms with Crippen molar-refractivity contribution in [2.75, 3.05) is 6.61 Å². The highest BCUT2D eigenvalue weighted by atomic mass is 35.5. The number of fused-ring (bicyclic) bond motifs is 1. The summed E-state index contributed by atoms with van der Waals surface area (Å²) in [4.78, 5) is 11.1. The summed E-state index contributed by atoms with van der Waals surface area (Å²) >= 11 is 6.60. The molecule has 154 valence electrons. The van der Waals surface area contributed by atoms with Crippen LogP contribution in [0.2, 0.25) is 5.02 Å². The normalized spacial score (nSPS) is 21.1. The fourth-order valence-electron chi connectivity index (χ4n) is 3.58. The second kappa shape index (κ2) is 9.14. The van der Waals surface area contributed by atoms with Gasteiger partial charge in [-0.3, -0.25) is 9.48 Å². The number of rotatable bonds is 7. The monoisotopic (exact) mass is 407 g/mol. The van der Waals surface area contributed by atoms with Crippen molar-refractivity contribution in [1.29, 1.82) is 0 Å². The third-order valence-electron chi connectivity index (χ3n) is 5.08. The molecular formula is C21H30ClN3O3. The maximum atomic E-state index is 11.1. The molecule has 7 heteroatoms. The number of carbonyl (C=O) groups excluding carboxylic acids is 1. The summed E-state index contributed by atoms with van der Waals surface area (Å²) in [5.41, 5.74) is 0.886. The second-order valence-electron chi connectivity index (χ2n) is 7.96. The van der Waals surface area contributed by atoms with Gasteiger partial charge >= 0.3 is 0 Å². The Morgan fingerprint density at radius 3 is 2.57 bits per heavy atom. The van der Waals surface area contributed by atoms with E-state index in [2.05, 4.69) is 24.3 Å². The fraction of sp³-hybridized carbons (Fsp3) is 0.619. The lowest BCUT2D eigenvalue weighted by Gasteiger charge is -2.30. The molecule has 0 spiro atoms. The number of halogens is 1. The second-order valence-corrected chi connectivity index (χ2v) is 8.34. The number of benzene rings is 1. The van der Waals surface area contributed by atoms with Crippen molar-refractivity contribution < 1.29 is 14.3 Å². The highest BCUT2D eigenvalue weighted by molar-refractivity contribution is 6.36. The standard InChI is InChI=1S/C21H30ClN3O3/c1-13(2)25-11-18-19(24-25)9-10-20(21(18)22)28-17-7-5-16(6-8-17)27-12-14(3)23-15(4)26/h9-11,13-14,16-17H,5-8,12H2,1-4H3,(H,23,26)/t14-,16?,17?/m0/s1. The maximum absolute atomic E-state index is 11.1. The van der Waals surface area contributed by atoms with Crippen LogP contribution in [0.3, 0.4) is 0 Å². The van der Waals surface area contributed by atoms with Crippen LogP contribution < -0.4 is 10.1 Å². The number of carbonyl (C=O) groups is 1. The van der Waals surface area contributed by atoms with Crippen LogP contribution in [0, 0.1) is 0 Å². The molecule has 1 fully saturated rings. The molecule has 1 aromatic carbocycles. The molecule has 28 heavy (non-hydrogen) atoms. The van der Waals surface area contributed by atoms with Gasteiger partial charge in [0.1, 0.15) is 5.75 Å². The minimum Gasteiger partial charge on any atom is -0.489 e. The van der Waals surface area contributed by atoms with Gasteiger partial charge in [0.2, 0.25) is 5.91 Å². The average molecular weight is 408 g/mol. The lowest BCUT2D eigenvalue weighted by molar-refractivity contribution is -0.120. The number of hydrogen-bond acceptors (Lipinski definition) is 4. The number of ether oxygens (including phenoxy) is 2. The van der Waals surface area contributed by atoms with E-state index in [0.717, 1.165) is 42.3 Å². The van der Waals surface area contributed by atoms with E-state index in [-0.39, 0.29) is 30.2 Å². The first-order chi connectivity index (χ1) is 13.3. The topological polar surface area (TPSA) is 65.4 Å². The molecule has 1 heterocycles. The van der Waals surface area contributed by atoms with Gasteiger partial charge in [0.05, 0.1) is 29.4 Å². The number of hydrogen-bond donors (Lipinski definition) is 1. The molecule has 0 saturated heterocycles. The molecule has 1 amide bonds. The predicted molar refractivity (Wildman–Crippen MR) is 111 cm³/mol. The minimum atomic E-state index is -0.0269. The number of nitrogens with one attached hydrogen (secondary N) is 1. The molecule has 0 unspecified atom stereocenters. The van der Waals surface area contributed by atoms with E-state index in [9.17, 15) is 4.79 Å². The Morgan fingerprint density at radius 2 is 1.93 bits per heavy atom. The number of aromatic nitrogens is 2. The zero-order chi connectivity index (χ0) is 20.3. The van der Waals surface area contributed by atoms with E-state index >= 15 is 0 Å². The molecule has 1 N–H and O–H groups in total. The van der Waals surface area contributed by atoms with Gasteiger partial charge in [-0.25, -0.2) is 0 Å². The Morgan fingerprint density at radius 1 is 1.25 bits per heavy atom. The SMILES string of the molecule is CC(=O)N[C@@H](C)COC1CCC(Oc2ccc3nn(C(C)C)cc3c2Cl)CC1. The molecular weight excluding hydrogens is 378 g/mol. The molecule has 1 aliphatic rings. The molecule has 1 aliphatic carbocycles. The molecule has 0 bridgehead atoms. The first-order valence-electron chi connectivity index (χ1n) is 10.1. The summed E-state index contributed by atoms with van der Waals surface area (Å²) < 4.78 is 14.1. The van der Waals surface area contributed by atoms with Crippen LogP contribution in [0.25, 0.3) is 10.9 Å². The van der Waals surface area contributed by atoms with E-state index in [1.54, 1.807) is 0 Å². The van der Waals surface area contributed by atoms with Crippen molar-refractivity contribution in [2.24, 2.45) is 0 Å². The van der Waals surface area contributed by atoms with Crippen LogP contribution in [-0.2, 0) is 9.53 Å². The van der Waals surface area contributed by atoms with Crippen LogP contribution in [0.5, 0.6) is 5.75 Å². The smallest absolute Gasteiger partial charge is 0.217 e. The van der Waals surface area contributed by atoms with Crippen molar-refractivity contribution in [3.8, 4) is 5.75 Å². The third-order valence-corrected chi connectivity index (χ3v) is 5.47. The zero-order valence-electron chi connectivity index (χ0n) is 17.1. The van der Waals surface area contributed by atoms with Gasteiger partial charge in [0, 0.05) is 30.6 Å². The summed E-state index contributed by atoms with van der Waals surface area (Å²) in [6.07, 6.45) is 6.10. The van der Waals surface area contributed by atoms with Gasteiger partial charge < -0.3 is 14.8 Å². The van der Waals surface area contributed by atoms with Crippen molar-refractivity contribution in [3.63, 3.8) is 0 Å². The van der Waals surface area contributed by atoms with E-state index in [1.807, 2.05) is 29.9 Å². The third kappa shape index (κ3) is 5.17. The van der Waals surface area contributed by atoms with E-state index in [0.29, 0.717) is 11.6 Å². The maximum Gasteiger partial charge on any atom is 0.217 e. The van der Waals surface area contributed by atoms with Crippen LogP contribution in [-0.4, -0.2) is 40.5 Å². The lowest BCUT2D eigenvalue weighted by Crippen LogP contribution is -2.36. The first kappa shape index (κ1) is 20.9. The first-order valence-corrected chi connectivity index (χ1v) is 10.4. The van der Waals surface area contributed by atoms with Crippen molar-refractivity contribution in [1.82, 2.24) is 15.1 Å². The minimum absolute atomic E-state index is 0.0269. The quantitative estimate of drug-likeness (QED) is 0.733. The molecule has 3 rings (SSSR count). The lowest BCUT2D eigenvalue weighted by atomic mass is 9.95. The molecule has 1 aromatic heterocycles. The summed E-state index contributed by atoms with van der Waals surface area (Å²) in [7, 11) is 0. The van der Waals surface area contributed by atoms with E-state index in [4.69, 9.17) is 21.1 Å². The van der Waals surface area contributed by atoms with Crippen LogP contribution in [0.1, 0.15) is 59.4 Å². The van der Waals surface area contributed by atoms with Crippen LogP contribution in [0.15, 0.2) is 18.3 Å². The van der Waals surface area contributed by atoms with Gasteiger partial charge in [-0.05, 0) is 58.6 Å². The van der Waals surface area contributed by atoms with E-state index < -0.39 is 0 Å². The van der Waals surface area contributed by atoms with Crippen LogP contribution >= 0.6 is 11.6 Å². The van der Waals surface area contributed by atoms with Gasteiger partial charge in [-0.2, -0.15) is 5.10 Å². The Bertz CT molecular complexity index is 813. The van der Waals surface area contributed by atoms with Crippen molar-refractivity contribution in [3.05, 3.63) is 23.4 Å². The summed E-state index contributed by atoms with van der Waals surface area (Å²) in [6, 6.07) is 4.20. The van der Waals surface area contributed by atoms with Gasteiger partial charge in [0.25, 0.3) is 0 Å². The Balaban J connectivity index is 1.53. The number of amides is 1. The van der Waals surface area contributed by atoms with Gasteiger partial charge in [-0.1, -0.05) is 11.6 Å².